The summed E-state index contributed by atoms with van der Waals surface area (Å²) in [7, 11) is 0. The second kappa shape index (κ2) is 7.22. The van der Waals surface area contributed by atoms with Crippen molar-refractivity contribution in [3.63, 3.8) is 0 Å². The zero-order valence-corrected chi connectivity index (χ0v) is 13.2. The summed E-state index contributed by atoms with van der Waals surface area (Å²) in [6.07, 6.45) is 3.44. The van der Waals surface area contributed by atoms with Gasteiger partial charge in [-0.15, -0.1) is 0 Å². The van der Waals surface area contributed by atoms with E-state index in [0.717, 1.165) is 11.3 Å². The molecule has 1 aliphatic rings. The lowest BCUT2D eigenvalue weighted by Crippen LogP contribution is -2.49. The molecule has 5 heteroatoms. The van der Waals surface area contributed by atoms with Crippen LogP contribution in [0.3, 0.4) is 0 Å². The van der Waals surface area contributed by atoms with E-state index < -0.39 is 0 Å². The van der Waals surface area contributed by atoms with Gasteiger partial charge in [-0.2, -0.15) is 0 Å². The smallest absolute Gasteiger partial charge is 0.246 e. The van der Waals surface area contributed by atoms with Gasteiger partial charge in [0.15, 0.2) is 0 Å². The minimum atomic E-state index is -0.103. The van der Waals surface area contributed by atoms with Crippen LogP contribution in [0, 0.1) is 0 Å². The van der Waals surface area contributed by atoms with E-state index in [4.69, 9.17) is 4.74 Å². The minimum absolute atomic E-state index is 0.00594. The summed E-state index contributed by atoms with van der Waals surface area (Å²) in [6.45, 7) is 6.62. The molecule has 2 atom stereocenters. The molecule has 1 aromatic rings. The lowest BCUT2D eigenvalue weighted by atomic mass is 10.1. The first-order valence-corrected chi connectivity index (χ1v) is 7.43. The van der Waals surface area contributed by atoms with Crippen molar-refractivity contribution in [2.75, 3.05) is 18.5 Å². The predicted octanol–water partition coefficient (Wildman–Crippen LogP) is 2.29. The maximum atomic E-state index is 12.3. The van der Waals surface area contributed by atoms with Gasteiger partial charge in [0, 0.05) is 25.2 Å². The normalized spacial score (nSPS) is 21.9. The molecule has 5 nitrogen and oxygen atoms in total. The quantitative estimate of drug-likeness (QED) is 0.872. The molecule has 2 unspecified atom stereocenters. The molecule has 0 aliphatic carbocycles. The standard InChI is InChI=1S/C17H22N2O3/c1-12-11-22-13(2)10-19(12)17(21)9-6-15-4-7-16(8-5-15)18-14(3)20/h4-9,12-13H,10-11H2,1-3H3,(H,18,20)/b9-6+. The largest absolute Gasteiger partial charge is 0.375 e. The first kappa shape index (κ1) is 16.2. The highest BCUT2D eigenvalue weighted by molar-refractivity contribution is 5.92. The van der Waals surface area contributed by atoms with Crippen LogP contribution in [-0.4, -0.2) is 42.0 Å². The number of carbonyl (C=O) groups excluding carboxylic acids is 2. The fourth-order valence-electron chi connectivity index (χ4n) is 2.35. The van der Waals surface area contributed by atoms with Crippen molar-refractivity contribution in [2.45, 2.75) is 32.9 Å². The molecular formula is C17H22N2O3. The second-order valence-electron chi connectivity index (χ2n) is 5.62. The van der Waals surface area contributed by atoms with Crippen molar-refractivity contribution < 1.29 is 14.3 Å². The van der Waals surface area contributed by atoms with Crippen LogP contribution in [0.25, 0.3) is 6.08 Å². The number of benzene rings is 1. The number of anilines is 1. The fourth-order valence-corrected chi connectivity index (χ4v) is 2.35. The van der Waals surface area contributed by atoms with Gasteiger partial charge in [-0.05, 0) is 37.6 Å². The van der Waals surface area contributed by atoms with Crippen molar-refractivity contribution in [1.29, 1.82) is 0 Å². The molecule has 2 rings (SSSR count). The van der Waals surface area contributed by atoms with Crippen LogP contribution >= 0.6 is 0 Å². The summed E-state index contributed by atoms with van der Waals surface area (Å²) in [5, 5.41) is 2.71. The van der Waals surface area contributed by atoms with Crippen LogP contribution in [0.1, 0.15) is 26.3 Å². The molecule has 1 fully saturated rings. The fraction of sp³-hybridized carbons (Fsp3) is 0.412. The van der Waals surface area contributed by atoms with Gasteiger partial charge in [0.25, 0.3) is 0 Å². The molecule has 0 saturated carbocycles. The Hall–Kier alpha value is -2.14. The van der Waals surface area contributed by atoms with E-state index >= 15 is 0 Å². The number of morpholine rings is 1. The maximum absolute atomic E-state index is 12.3. The molecule has 0 spiro atoms. The number of hydrogen-bond donors (Lipinski definition) is 1. The second-order valence-corrected chi connectivity index (χ2v) is 5.62. The van der Waals surface area contributed by atoms with Gasteiger partial charge in [0.2, 0.25) is 11.8 Å². The van der Waals surface area contributed by atoms with Crippen LogP contribution in [-0.2, 0) is 14.3 Å². The summed E-state index contributed by atoms with van der Waals surface area (Å²) in [5.74, 6) is -0.109. The summed E-state index contributed by atoms with van der Waals surface area (Å²) in [4.78, 5) is 25.1. The Labute approximate surface area is 130 Å². The monoisotopic (exact) mass is 302 g/mol. The average molecular weight is 302 g/mol. The lowest BCUT2D eigenvalue weighted by molar-refractivity contribution is -0.137. The van der Waals surface area contributed by atoms with E-state index in [0.29, 0.717) is 13.2 Å². The first-order valence-electron chi connectivity index (χ1n) is 7.43. The van der Waals surface area contributed by atoms with Gasteiger partial charge >= 0.3 is 0 Å². The summed E-state index contributed by atoms with van der Waals surface area (Å²) < 4.78 is 5.53. The molecule has 118 valence electrons. The summed E-state index contributed by atoms with van der Waals surface area (Å²) >= 11 is 0. The highest BCUT2D eigenvalue weighted by atomic mass is 16.5. The molecule has 1 N–H and O–H groups in total. The van der Waals surface area contributed by atoms with Crippen molar-refractivity contribution in [2.24, 2.45) is 0 Å². The van der Waals surface area contributed by atoms with Gasteiger partial charge in [-0.3, -0.25) is 9.59 Å². The van der Waals surface area contributed by atoms with Crippen LogP contribution in [0.5, 0.6) is 0 Å². The molecule has 0 bridgehead atoms. The van der Waals surface area contributed by atoms with E-state index in [1.807, 2.05) is 43.0 Å². The molecule has 22 heavy (non-hydrogen) atoms. The average Bonchev–Trinajstić information content (AvgIpc) is 2.48. The molecule has 0 aromatic heterocycles. The SMILES string of the molecule is CC(=O)Nc1ccc(/C=C/C(=O)N2CC(C)OCC2C)cc1. The Balaban J connectivity index is 1.98. The summed E-state index contributed by atoms with van der Waals surface area (Å²) in [6, 6.07) is 7.44. The van der Waals surface area contributed by atoms with Crippen LogP contribution < -0.4 is 5.32 Å². The Bertz CT molecular complexity index is 566. The zero-order chi connectivity index (χ0) is 16.1. The topological polar surface area (TPSA) is 58.6 Å². The Morgan fingerprint density at radius 1 is 1.27 bits per heavy atom. The molecule has 1 aliphatic heterocycles. The molecular weight excluding hydrogens is 280 g/mol. The van der Waals surface area contributed by atoms with Crippen molar-refractivity contribution in [3.05, 3.63) is 35.9 Å². The van der Waals surface area contributed by atoms with Crippen molar-refractivity contribution in [3.8, 4) is 0 Å². The predicted molar refractivity (Wildman–Crippen MR) is 86.4 cm³/mol. The van der Waals surface area contributed by atoms with Crippen molar-refractivity contribution >= 4 is 23.6 Å². The Morgan fingerprint density at radius 3 is 2.59 bits per heavy atom. The molecule has 1 saturated heterocycles. The van der Waals surface area contributed by atoms with Gasteiger partial charge in [0.05, 0.1) is 18.8 Å². The van der Waals surface area contributed by atoms with Gasteiger partial charge < -0.3 is 15.0 Å². The third-order valence-corrected chi connectivity index (χ3v) is 3.54. The van der Waals surface area contributed by atoms with Gasteiger partial charge in [-0.1, -0.05) is 12.1 Å². The van der Waals surface area contributed by atoms with Crippen molar-refractivity contribution in [1.82, 2.24) is 4.90 Å². The van der Waals surface area contributed by atoms with Gasteiger partial charge in [0.1, 0.15) is 0 Å². The number of ether oxygens (including phenoxy) is 1. The molecule has 2 amide bonds. The molecule has 1 aromatic carbocycles. The third-order valence-electron chi connectivity index (χ3n) is 3.54. The summed E-state index contributed by atoms with van der Waals surface area (Å²) in [5.41, 5.74) is 1.66. The minimum Gasteiger partial charge on any atom is -0.375 e. The number of amides is 2. The number of carbonyl (C=O) groups is 2. The van der Waals surface area contributed by atoms with E-state index in [-0.39, 0.29) is 24.0 Å². The number of nitrogens with zero attached hydrogens (tertiary/aromatic N) is 1. The van der Waals surface area contributed by atoms with Gasteiger partial charge in [-0.25, -0.2) is 0 Å². The lowest BCUT2D eigenvalue weighted by Gasteiger charge is -2.36. The molecule has 0 radical (unpaired) electrons. The highest BCUT2D eigenvalue weighted by Crippen LogP contribution is 2.14. The van der Waals surface area contributed by atoms with E-state index in [1.165, 1.54) is 6.92 Å². The number of nitrogens with one attached hydrogen (secondary N) is 1. The number of rotatable bonds is 3. The van der Waals surface area contributed by atoms with E-state index in [2.05, 4.69) is 5.32 Å². The van der Waals surface area contributed by atoms with Crippen LogP contribution in [0.4, 0.5) is 5.69 Å². The van der Waals surface area contributed by atoms with Crippen LogP contribution in [0.15, 0.2) is 30.3 Å². The Morgan fingerprint density at radius 2 is 1.95 bits per heavy atom. The maximum Gasteiger partial charge on any atom is 0.246 e. The number of hydrogen-bond acceptors (Lipinski definition) is 3. The van der Waals surface area contributed by atoms with E-state index in [9.17, 15) is 9.59 Å². The van der Waals surface area contributed by atoms with Crippen LogP contribution in [0.2, 0.25) is 0 Å². The zero-order valence-electron chi connectivity index (χ0n) is 13.2. The first-order chi connectivity index (χ1) is 10.5. The van der Waals surface area contributed by atoms with E-state index in [1.54, 1.807) is 12.2 Å². The molecule has 1 heterocycles. The third kappa shape index (κ3) is 4.43. The Kier molecular flexibility index (Phi) is 5.33. The highest BCUT2D eigenvalue weighted by Gasteiger charge is 2.25.